The summed E-state index contributed by atoms with van der Waals surface area (Å²) in [6, 6.07) is 39.4. The van der Waals surface area contributed by atoms with E-state index in [2.05, 4.69) is 0 Å². The molecule has 0 spiro atoms. The Balaban J connectivity index is 1.46. The van der Waals surface area contributed by atoms with Crippen molar-refractivity contribution in [2.75, 3.05) is 0 Å². The molecule has 5 heteroatoms. The van der Waals surface area contributed by atoms with E-state index in [-0.39, 0.29) is 11.9 Å². The predicted octanol–water partition coefficient (Wildman–Crippen LogP) is 7.05. The third-order valence-corrected chi connectivity index (χ3v) is 6.72. The highest BCUT2D eigenvalue weighted by atomic mass is 16.5. The molecule has 1 aliphatic rings. The molecule has 0 aromatic heterocycles. The van der Waals surface area contributed by atoms with Crippen LogP contribution in [0.1, 0.15) is 44.3 Å². The smallest absolute Gasteiger partial charge is 0.343 e. The Morgan fingerprint density at radius 1 is 0.684 bits per heavy atom. The Bertz CT molecular complexity index is 1650. The summed E-state index contributed by atoms with van der Waals surface area (Å²) in [5, 5.41) is 8.16. The van der Waals surface area contributed by atoms with Crippen molar-refractivity contribution in [3.05, 3.63) is 150 Å². The molecular formula is C33H24N2O3. The lowest BCUT2D eigenvalue weighted by Crippen LogP contribution is -2.27. The molecule has 0 unspecified atom stereocenters. The number of amides is 1. The van der Waals surface area contributed by atoms with Gasteiger partial charge in [-0.15, -0.1) is 0 Å². The van der Waals surface area contributed by atoms with Crippen molar-refractivity contribution in [2.24, 2.45) is 5.10 Å². The van der Waals surface area contributed by atoms with Gasteiger partial charge in [-0.05, 0) is 41.3 Å². The van der Waals surface area contributed by atoms with Crippen LogP contribution in [0, 0.1) is 0 Å². The first-order valence-corrected chi connectivity index (χ1v) is 12.5. The highest BCUT2D eigenvalue weighted by molar-refractivity contribution is 6.11. The average molecular weight is 497 g/mol. The SMILES string of the molecule is O=C(Oc1c(C2=NN(C(=O)c3ccccc3)[C@@H](c3ccccc3)C2)ccc2ccccc12)c1ccccc1. The van der Waals surface area contributed by atoms with Crippen molar-refractivity contribution in [2.45, 2.75) is 12.5 Å². The van der Waals surface area contributed by atoms with Crippen LogP contribution in [0.15, 0.2) is 132 Å². The third kappa shape index (κ3) is 4.46. The van der Waals surface area contributed by atoms with Crippen molar-refractivity contribution < 1.29 is 14.3 Å². The molecule has 0 bridgehead atoms. The summed E-state index contributed by atoms with van der Waals surface area (Å²) in [7, 11) is 0. The average Bonchev–Trinajstić information content (AvgIpc) is 3.43. The normalized spacial score (nSPS) is 14.8. The van der Waals surface area contributed by atoms with E-state index in [4.69, 9.17) is 9.84 Å². The Morgan fingerprint density at radius 2 is 1.29 bits per heavy atom. The number of rotatable bonds is 5. The largest absolute Gasteiger partial charge is 0.422 e. The number of esters is 1. The molecule has 0 aliphatic carbocycles. The molecule has 5 aromatic carbocycles. The lowest BCUT2D eigenvalue weighted by atomic mass is 9.95. The van der Waals surface area contributed by atoms with Crippen molar-refractivity contribution in [3.63, 3.8) is 0 Å². The van der Waals surface area contributed by atoms with E-state index in [1.807, 2.05) is 91.0 Å². The molecule has 5 nitrogen and oxygen atoms in total. The zero-order valence-electron chi connectivity index (χ0n) is 20.5. The highest BCUT2D eigenvalue weighted by Gasteiger charge is 2.35. The van der Waals surface area contributed by atoms with Crippen molar-refractivity contribution >= 4 is 28.4 Å². The van der Waals surface area contributed by atoms with Crippen LogP contribution in [0.3, 0.4) is 0 Å². The van der Waals surface area contributed by atoms with E-state index in [9.17, 15) is 9.59 Å². The molecule has 1 heterocycles. The van der Waals surface area contributed by atoms with Gasteiger partial charge in [-0.2, -0.15) is 5.10 Å². The summed E-state index contributed by atoms with van der Waals surface area (Å²) in [6.07, 6.45) is 0.483. The summed E-state index contributed by atoms with van der Waals surface area (Å²) < 4.78 is 6.06. The zero-order chi connectivity index (χ0) is 25.9. The van der Waals surface area contributed by atoms with Gasteiger partial charge >= 0.3 is 5.97 Å². The van der Waals surface area contributed by atoms with E-state index in [1.54, 1.807) is 41.4 Å². The van der Waals surface area contributed by atoms with Crippen LogP contribution < -0.4 is 4.74 Å². The molecule has 0 saturated carbocycles. The van der Waals surface area contributed by atoms with Crippen molar-refractivity contribution in [1.29, 1.82) is 0 Å². The number of fused-ring (bicyclic) bond motifs is 1. The second kappa shape index (κ2) is 10.1. The van der Waals surface area contributed by atoms with Crippen LogP contribution in [-0.2, 0) is 0 Å². The van der Waals surface area contributed by atoms with E-state index in [1.165, 1.54) is 0 Å². The van der Waals surface area contributed by atoms with Gasteiger partial charge < -0.3 is 4.74 Å². The Labute approximate surface area is 220 Å². The summed E-state index contributed by atoms with van der Waals surface area (Å²) in [5.41, 5.74) is 3.39. The quantitative estimate of drug-likeness (QED) is 0.193. The number of carbonyl (C=O) groups is 2. The van der Waals surface area contributed by atoms with Gasteiger partial charge in [0.15, 0.2) is 0 Å². The van der Waals surface area contributed by atoms with Crippen LogP contribution in [0.4, 0.5) is 0 Å². The van der Waals surface area contributed by atoms with Gasteiger partial charge in [0, 0.05) is 22.9 Å². The van der Waals surface area contributed by atoms with Gasteiger partial charge in [-0.1, -0.05) is 97.1 Å². The van der Waals surface area contributed by atoms with Crippen LogP contribution >= 0.6 is 0 Å². The van der Waals surface area contributed by atoms with Crippen LogP contribution in [0.5, 0.6) is 5.75 Å². The fourth-order valence-electron chi connectivity index (χ4n) is 4.81. The topological polar surface area (TPSA) is 59.0 Å². The highest BCUT2D eigenvalue weighted by Crippen LogP contribution is 2.38. The van der Waals surface area contributed by atoms with Crippen molar-refractivity contribution in [1.82, 2.24) is 5.01 Å². The number of carbonyl (C=O) groups excluding carboxylic acids is 2. The van der Waals surface area contributed by atoms with Gasteiger partial charge in [0.1, 0.15) is 5.75 Å². The zero-order valence-corrected chi connectivity index (χ0v) is 20.5. The molecule has 0 fully saturated rings. The molecule has 0 N–H and O–H groups in total. The molecule has 38 heavy (non-hydrogen) atoms. The van der Waals surface area contributed by atoms with Gasteiger partial charge in [0.2, 0.25) is 0 Å². The number of benzene rings is 5. The number of ether oxygens (including phenoxy) is 1. The molecule has 0 saturated heterocycles. The van der Waals surface area contributed by atoms with Crippen LogP contribution in [0.2, 0.25) is 0 Å². The van der Waals surface area contributed by atoms with E-state index in [0.29, 0.717) is 34.6 Å². The minimum atomic E-state index is -0.446. The second-order valence-corrected chi connectivity index (χ2v) is 9.11. The summed E-state index contributed by atoms with van der Waals surface area (Å²) in [5.74, 6) is -0.187. The molecular weight excluding hydrogens is 472 g/mol. The summed E-state index contributed by atoms with van der Waals surface area (Å²) >= 11 is 0. The Kier molecular flexibility index (Phi) is 6.24. The maximum absolute atomic E-state index is 13.6. The first-order valence-electron chi connectivity index (χ1n) is 12.5. The fraction of sp³-hybridized carbons (Fsp3) is 0.0606. The van der Waals surface area contributed by atoms with Crippen molar-refractivity contribution in [3.8, 4) is 5.75 Å². The lowest BCUT2D eigenvalue weighted by Gasteiger charge is -2.22. The minimum Gasteiger partial charge on any atom is -0.422 e. The second-order valence-electron chi connectivity index (χ2n) is 9.11. The maximum atomic E-state index is 13.6. The van der Waals surface area contributed by atoms with Gasteiger partial charge in [-0.3, -0.25) is 4.79 Å². The fourth-order valence-corrected chi connectivity index (χ4v) is 4.81. The Hall–Kier alpha value is -5.03. The third-order valence-electron chi connectivity index (χ3n) is 6.72. The van der Waals surface area contributed by atoms with E-state index in [0.717, 1.165) is 16.3 Å². The summed E-state index contributed by atoms with van der Waals surface area (Å²) in [6.45, 7) is 0. The van der Waals surface area contributed by atoms with Gasteiger partial charge in [-0.25, -0.2) is 9.80 Å². The molecule has 6 rings (SSSR count). The molecule has 5 aromatic rings. The molecule has 0 radical (unpaired) electrons. The lowest BCUT2D eigenvalue weighted by molar-refractivity contribution is 0.0708. The van der Waals surface area contributed by atoms with E-state index < -0.39 is 5.97 Å². The van der Waals surface area contributed by atoms with Crippen LogP contribution in [-0.4, -0.2) is 22.6 Å². The predicted molar refractivity (Wildman–Crippen MR) is 148 cm³/mol. The van der Waals surface area contributed by atoms with Gasteiger partial charge in [0.25, 0.3) is 5.91 Å². The number of hydrazone groups is 1. The van der Waals surface area contributed by atoms with Crippen LogP contribution in [0.25, 0.3) is 10.8 Å². The minimum absolute atomic E-state index is 0.182. The number of hydrogen-bond acceptors (Lipinski definition) is 4. The van der Waals surface area contributed by atoms with Gasteiger partial charge in [0.05, 0.1) is 17.3 Å². The number of hydrogen-bond donors (Lipinski definition) is 0. The summed E-state index contributed by atoms with van der Waals surface area (Å²) in [4.78, 5) is 26.7. The molecule has 184 valence electrons. The molecule has 1 amide bonds. The standard InChI is InChI=1S/C33H24N2O3/c36-32(25-15-6-2-7-16-25)35-30(24-13-4-1-5-14-24)22-29(34-35)28-21-20-23-12-10-11-19-27(23)31(28)38-33(37)26-17-8-3-9-18-26/h1-21,30H,22H2/t30-/m1/s1. The first-order chi connectivity index (χ1) is 18.7. The van der Waals surface area contributed by atoms with E-state index >= 15 is 0 Å². The maximum Gasteiger partial charge on any atom is 0.343 e. The monoisotopic (exact) mass is 496 g/mol. The molecule has 1 aliphatic heterocycles. The first kappa shape index (κ1) is 23.4. The Morgan fingerprint density at radius 3 is 2.00 bits per heavy atom. The number of nitrogens with zero attached hydrogens (tertiary/aromatic N) is 2. The molecule has 1 atom stereocenters.